The monoisotopic (exact) mass is 294 g/mol. The van der Waals surface area contributed by atoms with Crippen molar-refractivity contribution in [3.63, 3.8) is 0 Å². The Balaban J connectivity index is 2.57. The quantitative estimate of drug-likeness (QED) is 0.926. The number of hydrogen-bond donors (Lipinski definition) is 1. The lowest BCUT2D eigenvalue weighted by Crippen LogP contribution is -2.02. The number of carboxylic acids is 1. The molecule has 0 aliphatic heterocycles. The van der Waals surface area contributed by atoms with Crippen molar-refractivity contribution in [1.82, 2.24) is 9.78 Å². The summed E-state index contributed by atoms with van der Waals surface area (Å²) in [6, 6.07) is 5.80. The molecule has 1 N–H and O–H groups in total. The molecule has 5 heteroatoms. The van der Waals surface area contributed by atoms with Crippen molar-refractivity contribution < 1.29 is 9.90 Å². The lowest BCUT2D eigenvalue weighted by atomic mass is 10.2. The summed E-state index contributed by atoms with van der Waals surface area (Å²) in [5, 5.41) is 13.0. The maximum atomic E-state index is 10.9. The van der Waals surface area contributed by atoms with Gasteiger partial charge in [0.1, 0.15) is 0 Å². The van der Waals surface area contributed by atoms with Gasteiger partial charge in [0.15, 0.2) is 5.69 Å². The van der Waals surface area contributed by atoms with E-state index in [9.17, 15) is 4.79 Å². The number of carboxylic acid groups (broad SMARTS) is 1. The second-order valence-corrected chi connectivity index (χ2v) is 4.76. The maximum absolute atomic E-state index is 10.9. The third-order valence-corrected chi connectivity index (χ3v) is 3.01. The first-order chi connectivity index (χ1) is 7.99. The Labute approximate surface area is 107 Å². The van der Waals surface area contributed by atoms with Gasteiger partial charge in [-0.1, -0.05) is 22.0 Å². The Hall–Kier alpha value is -1.62. The number of benzene rings is 1. The van der Waals surface area contributed by atoms with Crippen molar-refractivity contribution in [2.75, 3.05) is 0 Å². The molecule has 1 aromatic carbocycles. The van der Waals surface area contributed by atoms with Crippen LogP contribution in [-0.2, 0) is 0 Å². The molecule has 0 bridgehead atoms. The van der Waals surface area contributed by atoms with E-state index in [1.54, 1.807) is 17.8 Å². The molecule has 2 rings (SSSR count). The normalized spacial score (nSPS) is 10.5. The SMILES string of the molecule is Cc1ccc(Br)cc1-n1cc(C)c(C(=O)O)n1. The third kappa shape index (κ3) is 2.24. The van der Waals surface area contributed by atoms with E-state index in [0.29, 0.717) is 5.56 Å². The Bertz CT molecular complexity index is 590. The van der Waals surface area contributed by atoms with Crippen molar-refractivity contribution in [2.24, 2.45) is 0 Å². The molecule has 0 aliphatic carbocycles. The number of aromatic nitrogens is 2. The van der Waals surface area contributed by atoms with Crippen LogP contribution in [0.2, 0.25) is 0 Å². The van der Waals surface area contributed by atoms with Crippen LogP contribution in [0.4, 0.5) is 0 Å². The van der Waals surface area contributed by atoms with Crippen LogP contribution in [0.15, 0.2) is 28.9 Å². The molecule has 0 saturated carbocycles. The van der Waals surface area contributed by atoms with E-state index in [0.717, 1.165) is 15.7 Å². The van der Waals surface area contributed by atoms with Crippen LogP contribution >= 0.6 is 15.9 Å². The molecule has 0 spiro atoms. The second-order valence-electron chi connectivity index (χ2n) is 3.84. The van der Waals surface area contributed by atoms with Crippen LogP contribution in [0.3, 0.4) is 0 Å². The number of hydrogen-bond acceptors (Lipinski definition) is 2. The largest absolute Gasteiger partial charge is 0.476 e. The summed E-state index contributed by atoms with van der Waals surface area (Å²) in [6.45, 7) is 3.69. The van der Waals surface area contributed by atoms with Crippen molar-refractivity contribution >= 4 is 21.9 Å². The van der Waals surface area contributed by atoms with E-state index >= 15 is 0 Å². The highest BCUT2D eigenvalue weighted by Gasteiger charge is 2.13. The van der Waals surface area contributed by atoms with Gasteiger partial charge in [0.05, 0.1) is 5.69 Å². The number of carbonyl (C=O) groups is 1. The predicted molar refractivity (Wildman–Crippen MR) is 67.7 cm³/mol. The van der Waals surface area contributed by atoms with Crippen molar-refractivity contribution in [3.05, 3.63) is 45.7 Å². The molecule has 0 amide bonds. The molecule has 1 heterocycles. The van der Waals surface area contributed by atoms with E-state index in [1.807, 2.05) is 25.1 Å². The molecule has 1 aromatic heterocycles. The summed E-state index contributed by atoms with van der Waals surface area (Å²) >= 11 is 3.39. The molecule has 4 nitrogen and oxygen atoms in total. The molecule has 2 aromatic rings. The number of nitrogens with zero attached hydrogens (tertiary/aromatic N) is 2. The number of aryl methyl sites for hydroxylation is 2. The van der Waals surface area contributed by atoms with Crippen LogP contribution in [0.1, 0.15) is 21.6 Å². The van der Waals surface area contributed by atoms with Crippen molar-refractivity contribution in [2.45, 2.75) is 13.8 Å². The first kappa shape index (κ1) is 11.9. The first-order valence-electron chi connectivity index (χ1n) is 5.05. The molecular formula is C12H11BrN2O2. The number of halogens is 1. The fraction of sp³-hybridized carbons (Fsp3) is 0.167. The molecule has 88 valence electrons. The summed E-state index contributed by atoms with van der Waals surface area (Å²) in [7, 11) is 0. The zero-order chi connectivity index (χ0) is 12.6. The number of rotatable bonds is 2. The van der Waals surface area contributed by atoms with E-state index in [2.05, 4.69) is 21.0 Å². The average molecular weight is 295 g/mol. The van der Waals surface area contributed by atoms with Crippen LogP contribution in [0, 0.1) is 13.8 Å². The predicted octanol–water partition coefficient (Wildman–Crippen LogP) is 2.95. The summed E-state index contributed by atoms with van der Waals surface area (Å²) in [4.78, 5) is 10.9. The molecular weight excluding hydrogens is 284 g/mol. The van der Waals surface area contributed by atoms with Gasteiger partial charge in [-0.05, 0) is 31.5 Å². The van der Waals surface area contributed by atoms with Gasteiger partial charge in [-0.15, -0.1) is 0 Å². The minimum Gasteiger partial charge on any atom is -0.476 e. The highest BCUT2D eigenvalue weighted by atomic mass is 79.9. The fourth-order valence-electron chi connectivity index (χ4n) is 1.62. The molecule has 0 atom stereocenters. The molecule has 0 saturated heterocycles. The Kier molecular flexibility index (Phi) is 3.02. The van der Waals surface area contributed by atoms with Gasteiger partial charge in [-0.2, -0.15) is 5.10 Å². The smallest absolute Gasteiger partial charge is 0.356 e. The summed E-state index contributed by atoms with van der Waals surface area (Å²) in [5.74, 6) is -1.01. The van der Waals surface area contributed by atoms with Gasteiger partial charge < -0.3 is 5.11 Å². The summed E-state index contributed by atoms with van der Waals surface area (Å²) in [5.41, 5.74) is 2.64. The second kappa shape index (κ2) is 4.33. The minimum absolute atomic E-state index is 0.0874. The maximum Gasteiger partial charge on any atom is 0.356 e. The highest BCUT2D eigenvalue weighted by Crippen LogP contribution is 2.20. The first-order valence-corrected chi connectivity index (χ1v) is 5.84. The van der Waals surface area contributed by atoms with Gasteiger partial charge in [0, 0.05) is 16.2 Å². The highest BCUT2D eigenvalue weighted by molar-refractivity contribution is 9.10. The third-order valence-electron chi connectivity index (χ3n) is 2.52. The van der Waals surface area contributed by atoms with Gasteiger partial charge in [-0.3, -0.25) is 0 Å². The van der Waals surface area contributed by atoms with Crippen LogP contribution in [-0.4, -0.2) is 20.9 Å². The molecule has 0 aliphatic rings. The van der Waals surface area contributed by atoms with Gasteiger partial charge in [0.2, 0.25) is 0 Å². The lowest BCUT2D eigenvalue weighted by molar-refractivity contribution is 0.0689. The average Bonchev–Trinajstić information content (AvgIpc) is 2.64. The van der Waals surface area contributed by atoms with E-state index in [1.165, 1.54) is 0 Å². The number of aromatic carboxylic acids is 1. The van der Waals surface area contributed by atoms with Crippen molar-refractivity contribution in [1.29, 1.82) is 0 Å². The zero-order valence-electron chi connectivity index (χ0n) is 9.44. The topological polar surface area (TPSA) is 55.1 Å². The van der Waals surface area contributed by atoms with E-state index in [4.69, 9.17) is 5.11 Å². The summed E-state index contributed by atoms with van der Waals surface area (Å²) < 4.78 is 2.53. The van der Waals surface area contributed by atoms with Crippen LogP contribution < -0.4 is 0 Å². The summed E-state index contributed by atoms with van der Waals surface area (Å²) in [6.07, 6.45) is 1.72. The molecule has 0 unspecified atom stereocenters. The lowest BCUT2D eigenvalue weighted by Gasteiger charge is -2.05. The zero-order valence-corrected chi connectivity index (χ0v) is 11.0. The minimum atomic E-state index is -1.01. The molecule has 0 radical (unpaired) electrons. The molecule has 17 heavy (non-hydrogen) atoms. The van der Waals surface area contributed by atoms with Crippen LogP contribution in [0.25, 0.3) is 5.69 Å². The van der Waals surface area contributed by atoms with Crippen LogP contribution in [0.5, 0.6) is 0 Å². The fourth-order valence-corrected chi connectivity index (χ4v) is 1.97. The van der Waals surface area contributed by atoms with Gasteiger partial charge >= 0.3 is 5.97 Å². The van der Waals surface area contributed by atoms with Crippen molar-refractivity contribution in [3.8, 4) is 5.69 Å². The van der Waals surface area contributed by atoms with E-state index < -0.39 is 5.97 Å². The molecule has 0 fully saturated rings. The van der Waals surface area contributed by atoms with E-state index in [-0.39, 0.29) is 5.69 Å². The Morgan fingerprint density at radius 2 is 2.06 bits per heavy atom. The van der Waals surface area contributed by atoms with Gasteiger partial charge in [0.25, 0.3) is 0 Å². The Morgan fingerprint density at radius 3 is 2.65 bits per heavy atom. The Morgan fingerprint density at radius 1 is 1.35 bits per heavy atom. The standard InChI is InChI=1S/C12H11BrN2O2/c1-7-3-4-9(13)5-10(7)15-6-8(2)11(14-15)12(16)17/h3-6H,1-2H3,(H,16,17). The van der Waals surface area contributed by atoms with Gasteiger partial charge in [-0.25, -0.2) is 9.48 Å².